The number of fused-ring (bicyclic) bond motifs is 1. The Labute approximate surface area is 170 Å². The molecule has 1 aromatic carbocycles. The lowest BCUT2D eigenvalue weighted by molar-refractivity contribution is 0.0955. The van der Waals surface area contributed by atoms with E-state index < -0.39 is 0 Å². The molecular formula is C22H28N6O. The third-order valence-corrected chi connectivity index (χ3v) is 5.41. The Bertz CT molecular complexity index is 973. The van der Waals surface area contributed by atoms with Crippen LogP contribution in [-0.4, -0.2) is 46.5 Å². The van der Waals surface area contributed by atoms with Gasteiger partial charge < -0.3 is 20.5 Å². The maximum atomic E-state index is 11.9. The number of carbonyl (C=O) groups excluding carboxylic acids is 1. The molecule has 0 spiro atoms. The van der Waals surface area contributed by atoms with Crippen molar-refractivity contribution in [2.45, 2.75) is 39.3 Å². The first-order valence-corrected chi connectivity index (χ1v) is 10.3. The third kappa shape index (κ3) is 4.56. The van der Waals surface area contributed by atoms with Gasteiger partial charge in [-0.3, -0.25) is 4.79 Å². The first-order chi connectivity index (χ1) is 14.1. The molecule has 2 aromatic heterocycles. The van der Waals surface area contributed by atoms with Gasteiger partial charge in [0, 0.05) is 31.9 Å². The van der Waals surface area contributed by atoms with E-state index in [0.717, 1.165) is 55.2 Å². The molecule has 29 heavy (non-hydrogen) atoms. The molecule has 0 saturated carbocycles. The number of piperidine rings is 1. The summed E-state index contributed by atoms with van der Waals surface area (Å²) in [5.74, 6) is 1.84. The minimum atomic E-state index is -0.0739. The summed E-state index contributed by atoms with van der Waals surface area (Å²) in [5, 5.41) is 6.43. The molecule has 4 rings (SSSR count). The van der Waals surface area contributed by atoms with Crippen LogP contribution in [0.2, 0.25) is 0 Å². The number of pyridine rings is 1. The quantitative estimate of drug-likeness (QED) is 0.601. The molecule has 1 aliphatic heterocycles. The van der Waals surface area contributed by atoms with E-state index in [0.29, 0.717) is 18.2 Å². The highest BCUT2D eigenvalue weighted by Gasteiger charge is 2.20. The van der Waals surface area contributed by atoms with Crippen LogP contribution in [0.4, 0.5) is 5.82 Å². The van der Waals surface area contributed by atoms with E-state index >= 15 is 0 Å². The van der Waals surface area contributed by atoms with Crippen LogP contribution in [0, 0.1) is 6.92 Å². The van der Waals surface area contributed by atoms with E-state index in [1.54, 1.807) is 6.20 Å². The van der Waals surface area contributed by atoms with Crippen molar-refractivity contribution < 1.29 is 4.79 Å². The second-order valence-corrected chi connectivity index (χ2v) is 7.61. The van der Waals surface area contributed by atoms with Gasteiger partial charge in [-0.05, 0) is 56.5 Å². The topological polar surface area (TPSA) is 85.9 Å². The van der Waals surface area contributed by atoms with Crippen molar-refractivity contribution in [2.75, 3.05) is 24.5 Å². The molecule has 1 saturated heterocycles. The average molecular weight is 393 g/mol. The summed E-state index contributed by atoms with van der Waals surface area (Å²) in [7, 11) is 0. The number of imidazole rings is 1. The van der Waals surface area contributed by atoms with Crippen molar-refractivity contribution in [3.63, 3.8) is 0 Å². The number of nitrogens with one attached hydrogen (secondary N) is 3. The molecule has 3 aromatic rings. The Morgan fingerprint density at radius 3 is 2.79 bits per heavy atom. The summed E-state index contributed by atoms with van der Waals surface area (Å²) in [6, 6.07) is 10.5. The van der Waals surface area contributed by atoms with E-state index in [9.17, 15) is 4.79 Å². The Morgan fingerprint density at radius 2 is 2.07 bits per heavy atom. The van der Waals surface area contributed by atoms with Crippen molar-refractivity contribution in [3.05, 3.63) is 53.5 Å². The van der Waals surface area contributed by atoms with Crippen molar-refractivity contribution in [1.82, 2.24) is 25.6 Å². The maximum Gasteiger partial charge on any atom is 0.252 e. The fourth-order valence-corrected chi connectivity index (χ4v) is 3.78. The monoisotopic (exact) mass is 392 g/mol. The number of hydrogen-bond donors (Lipinski definition) is 3. The number of benzene rings is 1. The van der Waals surface area contributed by atoms with Crippen molar-refractivity contribution >= 4 is 22.8 Å². The largest absolute Gasteiger partial charge is 0.357 e. The predicted octanol–water partition coefficient (Wildman–Crippen LogP) is 2.77. The number of aromatic amines is 1. The maximum absolute atomic E-state index is 11.9. The lowest BCUT2D eigenvalue weighted by Crippen LogP contribution is -2.42. The molecule has 3 N–H and O–H groups in total. The van der Waals surface area contributed by atoms with E-state index in [2.05, 4.69) is 55.6 Å². The summed E-state index contributed by atoms with van der Waals surface area (Å²) in [4.78, 5) is 26.7. The van der Waals surface area contributed by atoms with Gasteiger partial charge in [0.2, 0.25) is 0 Å². The summed E-state index contributed by atoms with van der Waals surface area (Å²) in [6.07, 6.45) is 3.77. The number of aryl methyl sites for hydroxylation is 1. The van der Waals surface area contributed by atoms with Crippen LogP contribution in [0.3, 0.4) is 0 Å². The zero-order valence-corrected chi connectivity index (χ0v) is 17.0. The highest BCUT2D eigenvalue weighted by molar-refractivity contribution is 5.94. The summed E-state index contributed by atoms with van der Waals surface area (Å²) in [6.45, 7) is 7.27. The van der Waals surface area contributed by atoms with Crippen molar-refractivity contribution in [2.24, 2.45) is 0 Å². The Hall–Kier alpha value is -2.93. The summed E-state index contributed by atoms with van der Waals surface area (Å²) in [5.41, 5.74) is 3.96. The molecule has 0 bridgehead atoms. The summed E-state index contributed by atoms with van der Waals surface area (Å²) >= 11 is 0. The van der Waals surface area contributed by atoms with Gasteiger partial charge in [0.15, 0.2) is 0 Å². The van der Waals surface area contributed by atoms with Crippen LogP contribution in [0.5, 0.6) is 0 Å². The number of rotatable bonds is 6. The molecule has 1 fully saturated rings. The Kier molecular flexibility index (Phi) is 5.76. The zero-order chi connectivity index (χ0) is 20.2. The van der Waals surface area contributed by atoms with Gasteiger partial charge in [-0.15, -0.1) is 0 Å². The van der Waals surface area contributed by atoms with E-state index in [4.69, 9.17) is 0 Å². The highest BCUT2D eigenvalue weighted by atomic mass is 16.1. The van der Waals surface area contributed by atoms with Crippen LogP contribution in [0.15, 0.2) is 36.5 Å². The number of hydrogen-bond acceptors (Lipinski definition) is 5. The standard InChI is InChI=1S/C22H28N6O/c1-3-23-22(29)16-5-7-21(25-13-16)28-10-8-17(9-11-28)24-14-20-26-18-6-4-15(2)12-19(18)27-20/h4-7,12-13,17,24H,3,8-11,14H2,1-2H3,(H,23,29)(H,26,27). The van der Waals surface area contributed by atoms with Crippen LogP contribution in [0.25, 0.3) is 11.0 Å². The smallest absolute Gasteiger partial charge is 0.252 e. The van der Waals surface area contributed by atoms with Gasteiger partial charge in [0.05, 0.1) is 23.1 Å². The number of anilines is 1. The molecule has 0 aliphatic carbocycles. The van der Waals surface area contributed by atoms with Crippen LogP contribution >= 0.6 is 0 Å². The number of H-pyrrole nitrogens is 1. The molecule has 7 nitrogen and oxygen atoms in total. The third-order valence-electron chi connectivity index (χ3n) is 5.41. The fraction of sp³-hybridized carbons (Fsp3) is 0.409. The number of aromatic nitrogens is 3. The number of amides is 1. The van der Waals surface area contributed by atoms with Crippen LogP contribution < -0.4 is 15.5 Å². The van der Waals surface area contributed by atoms with Gasteiger partial charge in [-0.1, -0.05) is 6.07 Å². The van der Waals surface area contributed by atoms with E-state index in [1.165, 1.54) is 5.56 Å². The summed E-state index contributed by atoms with van der Waals surface area (Å²) < 4.78 is 0. The molecule has 7 heteroatoms. The van der Waals surface area contributed by atoms with Gasteiger partial charge in [-0.2, -0.15) is 0 Å². The minimum Gasteiger partial charge on any atom is -0.357 e. The lowest BCUT2D eigenvalue weighted by Gasteiger charge is -2.33. The van der Waals surface area contributed by atoms with Gasteiger partial charge >= 0.3 is 0 Å². The first-order valence-electron chi connectivity index (χ1n) is 10.3. The second-order valence-electron chi connectivity index (χ2n) is 7.61. The zero-order valence-electron chi connectivity index (χ0n) is 17.0. The molecular weight excluding hydrogens is 364 g/mol. The number of carbonyl (C=O) groups is 1. The minimum absolute atomic E-state index is 0.0739. The first kappa shape index (κ1) is 19.4. The molecule has 0 atom stereocenters. The fourth-order valence-electron chi connectivity index (χ4n) is 3.78. The Morgan fingerprint density at radius 1 is 1.24 bits per heavy atom. The van der Waals surface area contributed by atoms with Gasteiger partial charge in [0.1, 0.15) is 11.6 Å². The van der Waals surface area contributed by atoms with Gasteiger partial charge in [0.25, 0.3) is 5.91 Å². The molecule has 1 aliphatic rings. The highest BCUT2D eigenvalue weighted by Crippen LogP contribution is 2.19. The molecule has 0 radical (unpaired) electrons. The van der Waals surface area contributed by atoms with Crippen molar-refractivity contribution in [1.29, 1.82) is 0 Å². The van der Waals surface area contributed by atoms with Crippen LogP contribution in [-0.2, 0) is 6.54 Å². The molecule has 3 heterocycles. The number of nitrogens with zero attached hydrogens (tertiary/aromatic N) is 3. The van der Waals surface area contributed by atoms with E-state index in [-0.39, 0.29) is 5.91 Å². The normalized spacial score (nSPS) is 15.0. The second kappa shape index (κ2) is 8.61. The molecule has 1 amide bonds. The molecule has 0 unspecified atom stereocenters. The van der Waals surface area contributed by atoms with Gasteiger partial charge in [-0.25, -0.2) is 9.97 Å². The molecule has 152 valence electrons. The SMILES string of the molecule is CCNC(=O)c1ccc(N2CCC(NCc3nc4ccc(C)cc4[nH]3)CC2)nc1. The van der Waals surface area contributed by atoms with Crippen LogP contribution in [0.1, 0.15) is 41.5 Å². The van der Waals surface area contributed by atoms with Crippen molar-refractivity contribution in [3.8, 4) is 0 Å². The lowest BCUT2D eigenvalue weighted by atomic mass is 10.0. The average Bonchev–Trinajstić information content (AvgIpc) is 3.15. The Balaban J connectivity index is 1.28. The van der Waals surface area contributed by atoms with E-state index in [1.807, 2.05) is 19.1 Å². The predicted molar refractivity (Wildman–Crippen MR) is 115 cm³/mol.